The summed E-state index contributed by atoms with van der Waals surface area (Å²) < 4.78 is 0. The van der Waals surface area contributed by atoms with E-state index < -0.39 is 5.09 Å². The maximum atomic E-state index is 9.43. The Morgan fingerprint density at radius 2 is 1.78 bits per heavy atom. The Morgan fingerprint density at radius 3 is 1.78 bits per heavy atom. The van der Waals surface area contributed by atoms with Gasteiger partial charge in [-0.05, 0) is 0 Å². The second kappa shape index (κ2) is 6.67. The molecule has 54 valence electrons. The Labute approximate surface area is 51.8 Å². The van der Waals surface area contributed by atoms with E-state index >= 15 is 0 Å². The molecule has 0 atom stereocenters. The topological polar surface area (TPSA) is 83.7 Å². The highest BCUT2D eigenvalue weighted by Crippen LogP contribution is 1.52. The molecule has 0 bridgehead atoms. The molecule has 0 unspecified atom stereocenters. The van der Waals surface area contributed by atoms with Gasteiger partial charge in [-0.1, -0.05) is 0 Å². The number of nitrogens with zero attached hydrogens (tertiary/aromatic N) is 2. The number of carbonyl (C=O) groups is 1. The van der Waals surface area contributed by atoms with Crippen LogP contribution in [-0.4, -0.2) is 35.7 Å². The highest BCUT2D eigenvalue weighted by Gasteiger charge is 1.68. The van der Waals surface area contributed by atoms with Crippen LogP contribution in [-0.2, 0) is 4.79 Å². The summed E-state index contributed by atoms with van der Waals surface area (Å²) in [6, 6.07) is 0. The second-order valence-electron chi connectivity index (χ2n) is 1.31. The number of hydrogen-bond acceptors (Lipinski definition) is 3. The zero-order valence-corrected chi connectivity index (χ0v) is 5.14. The molecule has 0 aliphatic rings. The predicted octanol–water partition coefficient (Wildman–Crippen LogP) is -0.643. The van der Waals surface area contributed by atoms with E-state index in [4.69, 9.17) is 15.3 Å². The van der Waals surface area contributed by atoms with Crippen molar-refractivity contribution in [2.75, 3.05) is 14.1 Å². The lowest BCUT2D eigenvalue weighted by Gasteiger charge is -1.93. The van der Waals surface area contributed by atoms with E-state index in [1.54, 1.807) is 14.1 Å². The van der Waals surface area contributed by atoms with Crippen molar-refractivity contribution in [1.82, 2.24) is 4.90 Å². The summed E-state index contributed by atoms with van der Waals surface area (Å²) >= 11 is 0. The molecular weight excluding hydrogens is 128 g/mol. The van der Waals surface area contributed by atoms with Crippen molar-refractivity contribution in [3.05, 3.63) is 10.1 Å². The number of hydrogen-bond donors (Lipinski definition) is 1. The van der Waals surface area contributed by atoms with Crippen molar-refractivity contribution < 1.29 is 15.1 Å². The summed E-state index contributed by atoms with van der Waals surface area (Å²) in [6.45, 7) is 0. The van der Waals surface area contributed by atoms with Gasteiger partial charge in [0.15, 0.2) is 0 Å². The lowest BCUT2D eigenvalue weighted by Crippen LogP contribution is -2.06. The fourth-order valence-corrected chi connectivity index (χ4v) is 0. The average molecular weight is 136 g/mol. The predicted molar refractivity (Wildman–Crippen MR) is 28.5 cm³/mol. The molecule has 0 saturated heterocycles. The van der Waals surface area contributed by atoms with E-state index in [1.807, 2.05) is 0 Å². The normalized spacial score (nSPS) is 6.44. The molecule has 0 saturated carbocycles. The van der Waals surface area contributed by atoms with Gasteiger partial charge in [0.2, 0.25) is 6.41 Å². The van der Waals surface area contributed by atoms with Crippen molar-refractivity contribution in [3.8, 4) is 0 Å². The van der Waals surface area contributed by atoms with Crippen LogP contribution < -0.4 is 0 Å². The van der Waals surface area contributed by atoms with Crippen LogP contribution in [0.15, 0.2) is 0 Å². The van der Waals surface area contributed by atoms with Crippen molar-refractivity contribution >= 4 is 6.41 Å². The first-order valence-corrected chi connectivity index (χ1v) is 1.95. The van der Waals surface area contributed by atoms with Crippen LogP contribution in [0.1, 0.15) is 0 Å². The van der Waals surface area contributed by atoms with Crippen molar-refractivity contribution in [2.45, 2.75) is 0 Å². The molecule has 0 radical (unpaired) electrons. The van der Waals surface area contributed by atoms with Crippen molar-refractivity contribution in [2.24, 2.45) is 0 Å². The molecular formula is C3H8N2O4. The van der Waals surface area contributed by atoms with Gasteiger partial charge < -0.3 is 10.1 Å². The van der Waals surface area contributed by atoms with E-state index in [0.717, 1.165) is 6.41 Å². The average Bonchev–Trinajstić information content (AvgIpc) is 1.65. The third-order valence-corrected chi connectivity index (χ3v) is 0.211. The van der Waals surface area contributed by atoms with Gasteiger partial charge in [0.25, 0.3) is 5.09 Å². The van der Waals surface area contributed by atoms with E-state index in [1.165, 1.54) is 4.90 Å². The van der Waals surface area contributed by atoms with Crippen molar-refractivity contribution in [3.63, 3.8) is 0 Å². The smallest absolute Gasteiger partial charge is 0.291 e. The van der Waals surface area contributed by atoms with Crippen molar-refractivity contribution in [1.29, 1.82) is 0 Å². The van der Waals surface area contributed by atoms with Gasteiger partial charge in [-0.15, -0.1) is 10.1 Å². The van der Waals surface area contributed by atoms with Crippen LogP contribution in [0.4, 0.5) is 0 Å². The van der Waals surface area contributed by atoms with Gasteiger partial charge >= 0.3 is 0 Å². The summed E-state index contributed by atoms with van der Waals surface area (Å²) in [5.74, 6) is 0. The quantitative estimate of drug-likeness (QED) is 0.295. The Bertz CT molecular complexity index is 87.8. The van der Waals surface area contributed by atoms with E-state index in [-0.39, 0.29) is 0 Å². The van der Waals surface area contributed by atoms with Gasteiger partial charge in [-0.3, -0.25) is 4.79 Å². The van der Waals surface area contributed by atoms with E-state index in [9.17, 15) is 4.79 Å². The molecule has 0 rings (SSSR count). The van der Waals surface area contributed by atoms with Gasteiger partial charge in [0.05, 0.1) is 0 Å². The molecule has 6 nitrogen and oxygen atoms in total. The zero-order valence-electron chi connectivity index (χ0n) is 5.14. The number of rotatable bonds is 1. The molecule has 1 amide bonds. The molecule has 6 heteroatoms. The Hall–Kier alpha value is -1.33. The zero-order chi connectivity index (χ0) is 7.86. The molecule has 0 fully saturated rings. The summed E-state index contributed by atoms with van der Waals surface area (Å²) in [7, 11) is 3.38. The van der Waals surface area contributed by atoms with Crippen LogP contribution in [0.25, 0.3) is 0 Å². The maximum Gasteiger partial charge on any atom is 0.291 e. The Morgan fingerprint density at radius 1 is 1.67 bits per heavy atom. The van der Waals surface area contributed by atoms with Gasteiger partial charge in [0, 0.05) is 14.1 Å². The maximum absolute atomic E-state index is 9.43. The van der Waals surface area contributed by atoms with Gasteiger partial charge in [-0.2, -0.15) is 0 Å². The van der Waals surface area contributed by atoms with Gasteiger partial charge in [-0.25, -0.2) is 0 Å². The lowest BCUT2D eigenvalue weighted by atomic mass is 11.0. The Balaban J connectivity index is 0. The third-order valence-electron chi connectivity index (χ3n) is 0.211. The minimum atomic E-state index is -1.50. The highest BCUT2D eigenvalue weighted by atomic mass is 16.9. The molecule has 0 aromatic carbocycles. The second-order valence-corrected chi connectivity index (χ2v) is 1.31. The first-order valence-electron chi connectivity index (χ1n) is 1.95. The molecule has 0 aliphatic heterocycles. The van der Waals surface area contributed by atoms with Crippen LogP contribution in [0.2, 0.25) is 0 Å². The molecule has 0 spiro atoms. The SMILES string of the molecule is CN(C)C=O.O=[N+]([O-])O. The lowest BCUT2D eigenvalue weighted by molar-refractivity contribution is -0.742. The summed E-state index contributed by atoms with van der Waals surface area (Å²) in [4.78, 5) is 19.2. The fourth-order valence-electron chi connectivity index (χ4n) is 0. The first kappa shape index (κ1) is 10.6. The molecule has 1 N–H and O–H groups in total. The third kappa shape index (κ3) is 324. The molecule has 0 aromatic heterocycles. The summed E-state index contributed by atoms with van der Waals surface area (Å²) in [5, 5.41) is 13.6. The van der Waals surface area contributed by atoms with Crippen LogP contribution in [0.3, 0.4) is 0 Å². The molecule has 9 heavy (non-hydrogen) atoms. The Kier molecular flexibility index (Phi) is 7.87. The largest absolute Gasteiger partial charge is 0.351 e. The standard InChI is InChI=1S/C3H7NO.HNO3/c1-4(2)3-5;2-1(3)4/h3H,1-2H3;(H,2,3,4). The minimum absolute atomic E-state index is 0.750. The van der Waals surface area contributed by atoms with E-state index in [2.05, 4.69) is 0 Å². The van der Waals surface area contributed by atoms with E-state index in [0.29, 0.717) is 0 Å². The van der Waals surface area contributed by atoms with Crippen LogP contribution in [0.5, 0.6) is 0 Å². The number of amides is 1. The monoisotopic (exact) mass is 136 g/mol. The first-order chi connectivity index (χ1) is 4.00. The number of carbonyl (C=O) groups excluding carboxylic acids is 1. The van der Waals surface area contributed by atoms with Crippen LogP contribution in [0, 0.1) is 10.1 Å². The molecule has 0 aromatic rings. The highest BCUT2D eigenvalue weighted by molar-refractivity contribution is 5.45. The fraction of sp³-hybridized carbons (Fsp3) is 0.667. The molecule has 0 heterocycles. The minimum Gasteiger partial charge on any atom is -0.351 e. The van der Waals surface area contributed by atoms with Gasteiger partial charge in [0.1, 0.15) is 0 Å². The van der Waals surface area contributed by atoms with Crippen LogP contribution >= 0.6 is 0 Å². The summed E-state index contributed by atoms with van der Waals surface area (Å²) in [5.41, 5.74) is 0. The molecule has 0 aliphatic carbocycles. The summed E-state index contributed by atoms with van der Waals surface area (Å²) in [6.07, 6.45) is 0.750.